The number of nitrogens with two attached hydrogens (primary N) is 10. The van der Waals surface area contributed by atoms with Crippen LogP contribution < -0.4 is 142 Å². The van der Waals surface area contributed by atoms with Crippen molar-refractivity contribution < 1.29 is 29.7 Å². The van der Waals surface area contributed by atoms with Gasteiger partial charge in [0.2, 0.25) is 17.7 Å². The number of carbonyl (C=O) groups excluding carboxylic acids is 3. The summed E-state index contributed by atoms with van der Waals surface area (Å²) in [6.45, 7) is 25.7. The van der Waals surface area contributed by atoms with Gasteiger partial charge in [-0.15, -0.1) is 0 Å². The number of amides is 3. The number of hydrogen-bond donors (Lipinski definition) is 29. The van der Waals surface area contributed by atoms with E-state index in [1.54, 1.807) is 0 Å². The smallest absolute Gasteiger partial charge is 0.219 e. The van der Waals surface area contributed by atoms with Crippen LogP contribution in [0.3, 0.4) is 0 Å². The monoisotopic (exact) mass is 1530 g/mol. The second kappa shape index (κ2) is 64.9. The number of likely N-dealkylation sites (N-methyl/N-ethyl adjacent to an activating group) is 1. The molecule has 0 saturated carbocycles. The van der Waals surface area contributed by atoms with Gasteiger partial charge in [0.15, 0.2) is 17.9 Å². The van der Waals surface area contributed by atoms with Gasteiger partial charge in [0.05, 0.1) is 19.8 Å². The van der Waals surface area contributed by atoms with Crippen LogP contribution in [0.5, 0.6) is 0 Å². The molecule has 12 atom stereocenters. The highest BCUT2D eigenvalue weighted by molar-refractivity contribution is 5.76. The summed E-state index contributed by atoms with van der Waals surface area (Å²) in [5.74, 6) is -0.269. The first-order valence-corrected chi connectivity index (χ1v) is 40.2. The van der Waals surface area contributed by atoms with Crippen molar-refractivity contribution in [1.82, 2.24) is 94.9 Å². The molecule has 0 aliphatic carbocycles. The summed E-state index contributed by atoms with van der Waals surface area (Å²) in [5, 5.41) is 88.1. The molecule has 628 valence electrons. The number of nitrogens with zero attached hydrogens (tertiary/aromatic N) is 5. The number of aliphatic hydroxyl groups excluding tert-OH is 3. The third kappa shape index (κ3) is 54.6. The highest BCUT2D eigenvalue weighted by Crippen LogP contribution is 2.20. The Morgan fingerprint density at radius 3 is 1.26 bits per heavy atom. The van der Waals surface area contributed by atoms with Crippen molar-refractivity contribution in [3.63, 3.8) is 0 Å². The average molecular weight is 1530 g/mol. The summed E-state index contributed by atoms with van der Waals surface area (Å²) in [6, 6.07) is 0.818. The van der Waals surface area contributed by atoms with Crippen molar-refractivity contribution in [1.29, 1.82) is 0 Å². The molecular formula is C70H157N31O6. The van der Waals surface area contributed by atoms with E-state index in [0.29, 0.717) is 115 Å². The normalized spacial score (nSPS) is 17.8. The van der Waals surface area contributed by atoms with E-state index in [2.05, 4.69) is 124 Å². The van der Waals surface area contributed by atoms with Crippen LogP contribution in [0.2, 0.25) is 0 Å². The van der Waals surface area contributed by atoms with E-state index in [9.17, 15) is 29.7 Å². The van der Waals surface area contributed by atoms with E-state index in [0.717, 1.165) is 188 Å². The number of nitrogens with one attached hydrogen (secondary N) is 16. The van der Waals surface area contributed by atoms with E-state index in [-0.39, 0.29) is 123 Å². The molecule has 39 N–H and O–H groups in total. The van der Waals surface area contributed by atoms with E-state index < -0.39 is 0 Å². The summed E-state index contributed by atoms with van der Waals surface area (Å²) in [6.07, 6.45) is 12.4. The lowest BCUT2D eigenvalue weighted by Gasteiger charge is -2.31. The number of carbonyl (C=O) groups is 3. The quantitative estimate of drug-likeness (QED) is 0.0153. The number of primary amides is 3. The number of guanidine groups is 3. The van der Waals surface area contributed by atoms with Crippen molar-refractivity contribution in [3.8, 4) is 0 Å². The number of aliphatic hydroxyl groups is 3. The van der Waals surface area contributed by atoms with Crippen LogP contribution >= 0.6 is 0 Å². The number of likely N-dealkylation sites (tertiary alicyclic amines) is 2. The Hall–Kier alpha value is -4.66. The number of hydrogen-bond acceptors (Lipinski definition) is 28. The summed E-state index contributed by atoms with van der Waals surface area (Å²) in [5.41, 5.74) is 56.2. The van der Waals surface area contributed by atoms with Crippen LogP contribution in [0.15, 0.2) is 15.0 Å². The first kappa shape index (κ1) is 98.4. The number of aliphatic imine (C=N–C) groups is 3. The third-order valence-electron chi connectivity index (χ3n) is 19.7. The van der Waals surface area contributed by atoms with Crippen molar-refractivity contribution >= 4 is 35.6 Å². The Kier molecular flexibility index (Phi) is 59.7. The van der Waals surface area contributed by atoms with Crippen LogP contribution in [0, 0.1) is 5.92 Å². The summed E-state index contributed by atoms with van der Waals surface area (Å²) >= 11 is 0. The van der Waals surface area contributed by atoms with E-state index in [4.69, 9.17) is 57.3 Å². The van der Waals surface area contributed by atoms with Crippen LogP contribution in [-0.4, -0.2) is 350 Å². The maximum absolute atomic E-state index is 11.9. The topological polar surface area (TPSA) is 608 Å². The first-order chi connectivity index (χ1) is 51.7. The fourth-order valence-electron chi connectivity index (χ4n) is 13.6. The Bertz CT molecular complexity index is 2270. The third-order valence-corrected chi connectivity index (χ3v) is 19.7. The summed E-state index contributed by atoms with van der Waals surface area (Å²) < 4.78 is 0. The van der Waals surface area contributed by atoms with Gasteiger partial charge in [-0.25, -0.2) is 0 Å². The minimum atomic E-state index is -0.390. The van der Waals surface area contributed by atoms with Gasteiger partial charge in [0.1, 0.15) is 0 Å². The van der Waals surface area contributed by atoms with Gasteiger partial charge < -0.3 is 158 Å². The summed E-state index contributed by atoms with van der Waals surface area (Å²) in [4.78, 5) is 52.5. The maximum Gasteiger partial charge on any atom is 0.219 e. The molecule has 0 bridgehead atoms. The molecule has 3 amide bonds. The molecule has 0 aromatic rings. The molecular weight excluding hydrogens is 1370 g/mol. The molecule has 2 saturated heterocycles. The van der Waals surface area contributed by atoms with Gasteiger partial charge in [0.25, 0.3) is 0 Å². The van der Waals surface area contributed by atoms with E-state index in [1.807, 2.05) is 7.05 Å². The van der Waals surface area contributed by atoms with Gasteiger partial charge in [-0.3, -0.25) is 39.2 Å². The molecule has 0 radical (unpaired) electrons. The zero-order valence-corrected chi connectivity index (χ0v) is 66.0. The molecule has 2 aliphatic rings. The standard InChI is InChI=1S/C70H157N31O6/c1-52(2)35-59(39-86-29-32-88-57(11-6-20-93-70(79)80)47-100-33-8-13-64(100)46-99-55(10-5-19-92-69(77)78)41-96-58(37-71)36-67(74)107)89-30-27-83-22-21-82-23-25-85-38-54(9-4-18-91-68(75)76)94-44-61(50-103)97-42-56(15-17-66(73)106)95-43-60(49-102)90-31-28-84-24-26-87-45-63-12-7-34-101(63)48-62(51-104)98-40-53(81-3)14-16-65(72)105/h52-64,81-90,94-99,102-104H,4-51,71H2,1-3H3,(H2,72,105)(H2,73,106)(H2,74,107)(H4,75,76,91)(H4,77,78,92)(H4,79,80,93)/t53-,54-,55-,56-,57-,58-,59-,60+,61+,62+,63-,64-/m0/s1. The molecule has 37 heteroatoms. The Balaban J connectivity index is 1.76. The fraction of sp³-hybridized carbons (Fsp3) is 0.914. The molecule has 0 aromatic carbocycles. The molecule has 2 heterocycles. The van der Waals surface area contributed by atoms with Gasteiger partial charge in [0, 0.05) is 268 Å². The second-order valence-electron chi connectivity index (χ2n) is 29.5. The molecule has 2 rings (SSSR count). The van der Waals surface area contributed by atoms with Crippen molar-refractivity contribution in [2.24, 2.45) is 78.2 Å². The van der Waals surface area contributed by atoms with Crippen LogP contribution in [0.1, 0.15) is 117 Å². The van der Waals surface area contributed by atoms with E-state index >= 15 is 0 Å². The molecule has 37 nitrogen and oxygen atoms in total. The lowest BCUT2D eigenvalue weighted by Crippen LogP contribution is -2.52. The molecule has 107 heavy (non-hydrogen) atoms. The molecule has 0 spiro atoms. The highest BCUT2D eigenvalue weighted by atomic mass is 16.3. The zero-order valence-electron chi connectivity index (χ0n) is 66.0. The lowest BCUT2D eigenvalue weighted by atomic mass is 10.0. The molecule has 0 aromatic heterocycles. The Morgan fingerprint density at radius 1 is 0.402 bits per heavy atom. The van der Waals surface area contributed by atoms with Gasteiger partial charge in [-0.05, 0) is 110 Å². The average Bonchev–Trinajstić information content (AvgIpc) is 1.75. The van der Waals surface area contributed by atoms with E-state index in [1.165, 1.54) is 0 Å². The zero-order chi connectivity index (χ0) is 78.5. The van der Waals surface area contributed by atoms with Crippen molar-refractivity contribution in [3.05, 3.63) is 0 Å². The predicted octanol–water partition coefficient (Wildman–Crippen LogP) is -9.79. The van der Waals surface area contributed by atoms with Gasteiger partial charge in [-0.2, -0.15) is 0 Å². The first-order valence-electron chi connectivity index (χ1n) is 40.2. The molecule has 0 unspecified atom stereocenters. The Labute approximate surface area is 641 Å². The lowest BCUT2D eigenvalue weighted by molar-refractivity contribution is -0.119. The maximum atomic E-state index is 11.9. The van der Waals surface area contributed by atoms with Gasteiger partial charge in [-0.1, -0.05) is 13.8 Å². The van der Waals surface area contributed by atoms with Crippen molar-refractivity contribution in [2.75, 3.05) is 217 Å². The minimum absolute atomic E-state index is 0.0350. The SMILES string of the molecule is CN[C@@H](CCC(N)=O)CN[C@@H](CO)CN1CCC[C@H]1CNCCNCCN[C@@H](CO)CN[C@@H](CCC(N)=O)CN[C@@H](CO)CN[C@@H](CCCN=C(N)N)CNCCNCCNCCN[C@H](CNCCN[C@@H](CCCN=C(N)N)CN1CCC[C@H]1CN[C@@H](CCCN=C(N)N)CN[C@H](CN)CC(N)=O)CC(C)C. The summed E-state index contributed by atoms with van der Waals surface area (Å²) in [7, 11) is 1.87. The molecule has 2 fully saturated rings. The van der Waals surface area contributed by atoms with Crippen LogP contribution in [-0.2, 0) is 14.4 Å². The van der Waals surface area contributed by atoms with Gasteiger partial charge >= 0.3 is 0 Å². The number of rotatable bonds is 76. The van der Waals surface area contributed by atoms with Crippen LogP contribution in [0.4, 0.5) is 0 Å². The fourth-order valence-corrected chi connectivity index (χ4v) is 13.6. The second-order valence-corrected chi connectivity index (χ2v) is 29.5. The van der Waals surface area contributed by atoms with Crippen LogP contribution in [0.25, 0.3) is 0 Å². The highest BCUT2D eigenvalue weighted by Gasteiger charge is 2.29. The largest absolute Gasteiger partial charge is 0.395 e. The predicted molar refractivity (Wildman–Crippen MR) is 436 cm³/mol. The van der Waals surface area contributed by atoms with Crippen molar-refractivity contribution in [2.45, 2.75) is 189 Å². The minimum Gasteiger partial charge on any atom is -0.395 e. The molecule has 2 aliphatic heterocycles. The Morgan fingerprint density at radius 2 is 0.776 bits per heavy atom.